The summed E-state index contributed by atoms with van der Waals surface area (Å²) in [5, 5.41) is 7.11. The number of fused-ring (bicyclic) bond motifs is 2. The molecule has 0 bridgehead atoms. The molecule has 1 unspecified atom stereocenters. The minimum absolute atomic E-state index is 0.165. The molecule has 1 aliphatic rings. The van der Waals surface area contributed by atoms with Gasteiger partial charge in [-0.15, -0.1) is 0 Å². The second-order valence-corrected chi connectivity index (χ2v) is 5.39. The predicted molar refractivity (Wildman–Crippen MR) is 80.4 cm³/mol. The number of benzene rings is 1. The molecular weight excluding hydrogens is 266 g/mol. The van der Waals surface area contributed by atoms with Gasteiger partial charge in [-0.3, -0.25) is 14.9 Å². The smallest absolute Gasteiger partial charge is 0.263 e. The van der Waals surface area contributed by atoms with Crippen LogP contribution in [0.3, 0.4) is 0 Å². The van der Waals surface area contributed by atoms with Gasteiger partial charge in [-0.25, -0.2) is 0 Å². The van der Waals surface area contributed by atoms with Crippen molar-refractivity contribution >= 4 is 17.0 Å². The summed E-state index contributed by atoms with van der Waals surface area (Å²) >= 11 is 0. The summed E-state index contributed by atoms with van der Waals surface area (Å²) in [6, 6.07) is 8.68. The molecule has 0 aliphatic heterocycles. The second-order valence-electron chi connectivity index (χ2n) is 5.39. The SMILES string of the molecule is CN(c1nc2[nH]ncc2c(=O)[nH]1)C1CCc2ccccc21. The predicted octanol–water partition coefficient (Wildman–Crippen LogP) is 1.77. The highest BCUT2D eigenvalue weighted by molar-refractivity contribution is 5.73. The molecule has 0 saturated heterocycles. The molecule has 0 amide bonds. The highest BCUT2D eigenvalue weighted by atomic mass is 16.1. The fourth-order valence-corrected chi connectivity index (χ4v) is 3.09. The first-order valence-electron chi connectivity index (χ1n) is 6.98. The lowest BCUT2D eigenvalue weighted by Gasteiger charge is -2.25. The van der Waals surface area contributed by atoms with Gasteiger partial charge in [0, 0.05) is 7.05 Å². The molecule has 4 rings (SSSR count). The standard InChI is InChI=1S/C15H15N5O/c1-20(12-7-6-9-4-2-3-5-10(9)12)15-17-13-11(8-16-19-13)14(21)18-15/h2-5,8,12H,6-7H2,1H3,(H2,16,17,18,19,21). The molecule has 0 radical (unpaired) electrons. The number of aromatic nitrogens is 4. The van der Waals surface area contributed by atoms with Crippen molar-refractivity contribution in [3.63, 3.8) is 0 Å². The van der Waals surface area contributed by atoms with Crippen LogP contribution >= 0.6 is 0 Å². The number of rotatable bonds is 2. The first-order valence-corrected chi connectivity index (χ1v) is 6.98. The molecule has 1 aromatic carbocycles. The molecule has 0 spiro atoms. The van der Waals surface area contributed by atoms with E-state index in [1.165, 1.54) is 17.3 Å². The van der Waals surface area contributed by atoms with Gasteiger partial charge in [-0.2, -0.15) is 10.1 Å². The first-order chi connectivity index (χ1) is 10.2. The third kappa shape index (κ3) is 1.83. The zero-order chi connectivity index (χ0) is 14.4. The zero-order valence-electron chi connectivity index (χ0n) is 11.6. The molecule has 0 saturated carbocycles. The number of nitrogens with zero attached hydrogens (tertiary/aromatic N) is 3. The van der Waals surface area contributed by atoms with E-state index in [1.54, 1.807) is 0 Å². The third-order valence-corrected chi connectivity index (χ3v) is 4.21. The van der Waals surface area contributed by atoms with Gasteiger partial charge >= 0.3 is 0 Å². The average Bonchev–Trinajstić information content (AvgIpc) is 3.13. The molecule has 2 N–H and O–H groups in total. The molecule has 21 heavy (non-hydrogen) atoms. The van der Waals surface area contributed by atoms with E-state index in [2.05, 4.69) is 44.4 Å². The highest BCUT2D eigenvalue weighted by Gasteiger charge is 2.27. The molecule has 6 nitrogen and oxygen atoms in total. The summed E-state index contributed by atoms with van der Waals surface area (Å²) in [6.45, 7) is 0. The molecular formula is C15H15N5O. The van der Waals surface area contributed by atoms with Crippen LogP contribution in [-0.2, 0) is 6.42 Å². The fraction of sp³-hybridized carbons (Fsp3) is 0.267. The van der Waals surface area contributed by atoms with Crippen LogP contribution in [-0.4, -0.2) is 27.2 Å². The summed E-state index contributed by atoms with van der Waals surface area (Å²) < 4.78 is 0. The number of hydrogen-bond donors (Lipinski definition) is 2. The van der Waals surface area contributed by atoms with Gasteiger partial charge in [0.15, 0.2) is 5.65 Å². The maximum atomic E-state index is 12.0. The van der Waals surface area contributed by atoms with Crippen LogP contribution in [0.15, 0.2) is 35.3 Å². The van der Waals surface area contributed by atoms with E-state index < -0.39 is 0 Å². The lowest BCUT2D eigenvalue weighted by atomic mass is 10.1. The van der Waals surface area contributed by atoms with Crippen molar-refractivity contribution in [2.75, 3.05) is 11.9 Å². The van der Waals surface area contributed by atoms with Gasteiger partial charge in [0.25, 0.3) is 5.56 Å². The monoisotopic (exact) mass is 281 g/mol. The number of hydrogen-bond acceptors (Lipinski definition) is 4. The maximum absolute atomic E-state index is 12.0. The van der Waals surface area contributed by atoms with Crippen molar-refractivity contribution in [1.82, 2.24) is 20.2 Å². The number of aromatic amines is 2. The molecule has 2 aromatic heterocycles. The van der Waals surface area contributed by atoms with Crippen LogP contribution in [0.25, 0.3) is 11.0 Å². The van der Waals surface area contributed by atoms with Crippen LogP contribution in [0.4, 0.5) is 5.95 Å². The van der Waals surface area contributed by atoms with Crippen molar-refractivity contribution in [3.8, 4) is 0 Å². The molecule has 3 aromatic rings. The van der Waals surface area contributed by atoms with Crippen molar-refractivity contribution in [3.05, 3.63) is 51.9 Å². The lowest BCUT2D eigenvalue weighted by Crippen LogP contribution is -2.26. The Morgan fingerprint density at radius 1 is 1.33 bits per heavy atom. The van der Waals surface area contributed by atoms with E-state index in [0.717, 1.165) is 12.8 Å². The van der Waals surface area contributed by atoms with Gasteiger partial charge in [0.1, 0.15) is 5.39 Å². The van der Waals surface area contributed by atoms with E-state index in [9.17, 15) is 4.79 Å². The van der Waals surface area contributed by atoms with E-state index in [0.29, 0.717) is 17.0 Å². The van der Waals surface area contributed by atoms with E-state index in [1.807, 2.05) is 11.9 Å². The Balaban J connectivity index is 1.77. The highest BCUT2D eigenvalue weighted by Crippen LogP contribution is 2.36. The minimum Gasteiger partial charge on any atom is -0.338 e. The molecule has 106 valence electrons. The molecule has 2 heterocycles. The van der Waals surface area contributed by atoms with Gasteiger partial charge < -0.3 is 4.90 Å². The summed E-state index contributed by atoms with van der Waals surface area (Å²) in [5.74, 6) is 0.568. The summed E-state index contributed by atoms with van der Waals surface area (Å²) in [5.41, 5.74) is 3.04. The lowest BCUT2D eigenvalue weighted by molar-refractivity contribution is 0.647. The van der Waals surface area contributed by atoms with Crippen LogP contribution in [0.5, 0.6) is 0 Å². The topological polar surface area (TPSA) is 77.7 Å². The number of nitrogens with one attached hydrogen (secondary N) is 2. The van der Waals surface area contributed by atoms with Crippen molar-refractivity contribution in [1.29, 1.82) is 0 Å². The van der Waals surface area contributed by atoms with Crippen molar-refractivity contribution in [2.45, 2.75) is 18.9 Å². The van der Waals surface area contributed by atoms with E-state index in [-0.39, 0.29) is 11.6 Å². The molecule has 6 heteroatoms. The molecule has 0 fully saturated rings. The Morgan fingerprint density at radius 2 is 2.19 bits per heavy atom. The zero-order valence-corrected chi connectivity index (χ0v) is 11.6. The quantitative estimate of drug-likeness (QED) is 0.750. The molecule has 1 atom stereocenters. The Hall–Kier alpha value is -2.63. The van der Waals surface area contributed by atoms with Crippen LogP contribution in [0.1, 0.15) is 23.6 Å². The Labute approximate surface area is 120 Å². The summed E-state index contributed by atoms with van der Waals surface area (Å²) in [7, 11) is 1.97. The Bertz CT molecular complexity index is 866. The Kier molecular flexibility index (Phi) is 2.57. The van der Waals surface area contributed by atoms with Crippen LogP contribution in [0.2, 0.25) is 0 Å². The summed E-state index contributed by atoms with van der Waals surface area (Å²) in [4.78, 5) is 21.4. The van der Waals surface area contributed by atoms with E-state index >= 15 is 0 Å². The van der Waals surface area contributed by atoms with Gasteiger partial charge in [0.2, 0.25) is 5.95 Å². The average molecular weight is 281 g/mol. The molecule has 1 aliphatic carbocycles. The summed E-state index contributed by atoms with van der Waals surface area (Å²) in [6.07, 6.45) is 3.58. The number of H-pyrrole nitrogens is 2. The number of aryl methyl sites for hydroxylation is 1. The van der Waals surface area contributed by atoms with E-state index in [4.69, 9.17) is 0 Å². The largest absolute Gasteiger partial charge is 0.338 e. The van der Waals surface area contributed by atoms with Crippen LogP contribution in [0, 0.1) is 0 Å². The maximum Gasteiger partial charge on any atom is 0.263 e. The first kappa shape index (κ1) is 12.1. The fourth-order valence-electron chi connectivity index (χ4n) is 3.09. The minimum atomic E-state index is -0.165. The number of anilines is 1. The normalized spacial score (nSPS) is 17.1. The third-order valence-electron chi connectivity index (χ3n) is 4.21. The van der Waals surface area contributed by atoms with Gasteiger partial charge in [-0.1, -0.05) is 24.3 Å². The van der Waals surface area contributed by atoms with Crippen LogP contribution < -0.4 is 10.5 Å². The van der Waals surface area contributed by atoms with Crippen molar-refractivity contribution in [2.24, 2.45) is 0 Å². The van der Waals surface area contributed by atoms with Gasteiger partial charge in [-0.05, 0) is 24.0 Å². The van der Waals surface area contributed by atoms with Crippen molar-refractivity contribution < 1.29 is 0 Å². The van der Waals surface area contributed by atoms with Gasteiger partial charge in [0.05, 0.1) is 12.2 Å². The second kappa shape index (κ2) is 4.44. The Morgan fingerprint density at radius 3 is 3.10 bits per heavy atom.